The number of halogens is 1. The topological polar surface area (TPSA) is 123 Å². The Balaban J connectivity index is 1.57. The van der Waals surface area contributed by atoms with Crippen LogP contribution >= 0.6 is 11.3 Å². The van der Waals surface area contributed by atoms with Crippen LogP contribution in [0.3, 0.4) is 0 Å². The van der Waals surface area contributed by atoms with Crippen LogP contribution in [0.25, 0.3) is 15.2 Å². The molecule has 240 valence electrons. The van der Waals surface area contributed by atoms with E-state index in [0.29, 0.717) is 77.5 Å². The van der Waals surface area contributed by atoms with E-state index in [2.05, 4.69) is 10.2 Å². The predicted molar refractivity (Wildman–Crippen MR) is 166 cm³/mol. The third-order valence-electron chi connectivity index (χ3n) is 8.61. The Bertz CT molecular complexity index is 1810. The Hall–Kier alpha value is -3.88. The Labute approximate surface area is 262 Å². The molecule has 2 aliphatic heterocycles. The number of carbonyl (C=O) groups is 1. The zero-order chi connectivity index (χ0) is 31.8. The molecule has 2 fully saturated rings. The van der Waals surface area contributed by atoms with Crippen LogP contribution in [0.1, 0.15) is 62.8 Å². The van der Waals surface area contributed by atoms with Gasteiger partial charge < -0.3 is 19.1 Å². The molecule has 0 saturated carbocycles. The molecule has 0 bridgehead atoms. The highest BCUT2D eigenvalue weighted by Crippen LogP contribution is 2.36. The van der Waals surface area contributed by atoms with Crippen molar-refractivity contribution in [1.82, 2.24) is 29.0 Å². The molecule has 12 nitrogen and oxygen atoms in total. The van der Waals surface area contributed by atoms with Gasteiger partial charge in [0.05, 0.1) is 37.5 Å². The highest BCUT2D eigenvalue weighted by atomic mass is 32.1. The number of piperidine rings is 1. The summed E-state index contributed by atoms with van der Waals surface area (Å²) in [7, 11) is 1.49. The molecule has 0 spiro atoms. The van der Waals surface area contributed by atoms with Crippen molar-refractivity contribution in [2.45, 2.75) is 77.3 Å². The Morgan fingerprint density at radius 2 is 1.84 bits per heavy atom. The number of thiophene rings is 1. The lowest BCUT2D eigenvalue weighted by Crippen LogP contribution is -2.52. The number of aromatic nitrogens is 5. The molecule has 14 heteroatoms. The summed E-state index contributed by atoms with van der Waals surface area (Å²) in [6, 6.07) is 3.15. The maximum atomic E-state index is 14.7. The second-order valence-electron chi connectivity index (χ2n) is 11.7. The minimum Gasteiger partial charge on any atom is -0.496 e. The van der Waals surface area contributed by atoms with Crippen LogP contribution in [0.15, 0.2) is 40.2 Å². The lowest BCUT2D eigenvalue weighted by molar-refractivity contribution is -0.139. The molecule has 0 aliphatic carbocycles. The molecule has 0 N–H and O–H groups in total. The molecule has 2 saturated heterocycles. The van der Waals surface area contributed by atoms with Crippen LogP contribution in [0, 0.1) is 12.7 Å². The van der Waals surface area contributed by atoms with Gasteiger partial charge in [0.1, 0.15) is 33.5 Å². The van der Waals surface area contributed by atoms with E-state index < -0.39 is 29.2 Å². The molecule has 6 rings (SSSR count). The van der Waals surface area contributed by atoms with E-state index >= 15 is 0 Å². The normalized spacial score (nSPS) is 18.7. The van der Waals surface area contributed by atoms with Crippen LogP contribution in [0.4, 0.5) is 4.39 Å². The highest BCUT2D eigenvalue weighted by molar-refractivity contribution is 7.21. The number of aryl methyl sites for hydroxylation is 1. The molecule has 0 unspecified atom stereocenters. The number of rotatable bonds is 9. The van der Waals surface area contributed by atoms with E-state index in [1.165, 1.54) is 58.4 Å². The van der Waals surface area contributed by atoms with E-state index in [1.54, 1.807) is 11.8 Å². The standard InChI is InChI=1S/C31H37FN6O6S/c1-18(2)35-13-5-6-23(27(35)39)37-28(40)26-19(3)29(38-33-11-12-34-38)45-30(26)36(31(37)41)17-25(44-21-9-14-43-15-10-21)22-16-20(32)7-8-24(22)42-4/h7-8,11-12,16,18,21,23,25H,5-6,9-10,13-15,17H2,1-4H3/t23-,25-/m0/s1. The second-order valence-corrected chi connectivity index (χ2v) is 12.7. The fourth-order valence-electron chi connectivity index (χ4n) is 6.31. The van der Waals surface area contributed by atoms with Gasteiger partial charge in [-0.25, -0.2) is 13.8 Å². The van der Waals surface area contributed by atoms with Gasteiger partial charge in [0, 0.05) is 36.9 Å². The van der Waals surface area contributed by atoms with E-state index in [9.17, 15) is 18.8 Å². The highest BCUT2D eigenvalue weighted by Gasteiger charge is 2.36. The van der Waals surface area contributed by atoms with Gasteiger partial charge in [0.25, 0.3) is 5.56 Å². The number of fused-ring (bicyclic) bond motifs is 1. The second kappa shape index (κ2) is 12.9. The van der Waals surface area contributed by atoms with Gasteiger partial charge in [-0.2, -0.15) is 10.2 Å². The van der Waals surface area contributed by atoms with E-state index in [0.717, 1.165) is 4.57 Å². The summed E-state index contributed by atoms with van der Waals surface area (Å²) < 4.78 is 35.0. The maximum absolute atomic E-state index is 14.7. The predicted octanol–water partition coefficient (Wildman–Crippen LogP) is 3.77. The smallest absolute Gasteiger partial charge is 0.332 e. The number of likely N-dealkylation sites (tertiary alicyclic amines) is 1. The van der Waals surface area contributed by atoms with E-state index in [1.807, 2.05) is 13.8 Å². The van der Waals surface area contributed by atoms with Crippen molar-refractivity contribution >= 4 is 27.5 Å². The SMILES string of the molecule is COc1ccc(F)cc1[C@H](Cn1c(=O)n([C@H]2CCCN(C(C)C)C2=O)c(=O)c2c(C)c(-n3nccn3)sc21)OC1CCOCC1. The minimum absolute atomic E-state index is 0.0620. The minimum atomic E-state index is -0.957. The fourth-order valence-corrected chi connectivity index (χ4v) is 7.53. The summed E-state index contributed by atoms with van der Waals surface area (Å²) in [6.07, 6.45) is 4.31. The summed E-state index contributed by atoms with van der Waals surface area (Å²) in [5.41, 5.74) is -0.141. The van der Waals surface area contributed by atoms with Crippen LogP contribution < -0.4 is 16.0 Å². The van der Waals surface area contributed by atoms with Gasteiger partial charge in [0.15, 0.2) is 0 Å². The monoisotopic (exact) mass is 640 g/mol. The first kappa shape index (κ1) is 31.1. The van der Waals surface area contributed by atoms with Gasteiger partial charge in [-0.3, -0.25) is 14.2 Å². The van der Waals surface area contributed by atoms with Crippen molar-refractivity contribution in [2.24, 2.45) is 0 Å². The van der Waals surface area contributed by atoms with Crippen molar-refractivity contribution in [3.63, 3.8) is 0 Å². The number of carbonyl (C=O) groups excluding carboxylic acids is 1. The van der Waals surface area contributed by atoms with Crippen LogP contribution in [0.5, 0.6) is 5.75 Å². The van der Waals surface area contributed by atoms with Gasteiger partial charge in [0.2, 0.25) is 5.91 Å². The van der Waals surface area contributed by atoms with Crippen molar-refractivity contribution in [1.29, 1.82) is 0 Å². The number of nitrogens with zero attached hydrogens (tertiary/aromatic N) is 6. The molecular weight excluding hydrogens is 603 g/mol. The Morgan fingerprint density at radius 1 is 1.11 bits per heavy atom. The molecule has 4 aromatic rings. The molecule has 0 radical (unpaired) electrons. The van der Waals surface area contributed by atoms with Gasteiger partial charge in [-0.1, -0.05) is 11.3 Å². The number of ether oxygens (including phenoxy) is 3. The van der Waals surface area contributed by atoms with E-state index in [-0.39, 0.29) is 24.6 Å². The molecular formula is C31H37FN6O6S. The number of hydrogen-bond donors (Lipinski definition) is 0. The van der Waals surface area contributed by atoms with Gasteiger partial charge in [-0.15, -0.1) is 4.80 Å². The Morgan fingerprint density at radius 3 is 2.53 bits per heavy atom. The molecule has 3 aromatic heterocycles. The van der Waals surface area contributed by atoms with Gasteiger partial charge in [-0.05, 0) is 64.7 Å². The zero-order valence-electron chi connectivity index (χ0n) is 25.8. The molecule has 2 aliphatic rings. The third-order valence-corrected chi connectivity index (χ3v) is 9.89. The molecule has 5 heterocycles. The summed E-state index contributed by atoms with van der Waals surface area (Å²) in [5, 5.41) is 9.40. The molecule has 1 aromatic carbocycles. The fraction of sp³-hybridized carbons (Fsp3) is 0.516. The van der Waals surface area contributed by atoms with Crippen LogP contribution in [-0.2, 0) is 20.8 Å². The molecule has 1 amide bonds. The molecule has 2 atom stereocenters. The average Bonchev–Trinajstić information content (AvgIpc) is 3.68. The number of benzene rings is 1. The summed E-state index contributed by atoms with van der Waals surface area (Å²) in [5.74, 6) is -0.329. The van der Waals surface area contributed by atoms with Crippen molar-refractivity contribution in [3.05, 3.63) is 68.4 Å². The zero-order valence-corrected chi connectivity index (χ0v) is 26.6. The summed E-state index contributed by atoms with van der Waals surface area (Å²) in [4.78, 5) is 46.1. The van der Waals surface area contributed by atoms with Crippen molar-refractivity contribution in [2.75, 3.05) is 26.9 Å². The summed E-state index contributed by atoms with van der Waals surface area (Å²) >= 11 is 1.21. The number of amides is 1. The molecule has 45 heavy (non-hydrogen) atoms. The quantitative estimate of drug-likeness (QED) is 0.271. The third kappa shape index (κ3) is 5.82. The lowest BCUT2D eigenvalue weighted by atomic mass is 10.0. The first-order valence-corrected chi connectivity index (χ1v) is 16.0. The first-order valence-electron chi connectivity index (χ1n) is 15.2. The number of methoxy groups -OCH3 is 1. The van der Waals surface area contributed by atoms with Crippen molar-refractivity contribution < 1.29 is 23.4 Å². The average molecular weight is 641 g/mol. The van der Waals surface area contributed by atoms with Crippen LogP contribution in [0.2, 0.25) is 0 Å². The largest absolute Gasteiger partial charge is 0.496 e. The Kier molecular flexibility index (Phi) is 8.89. The first-order chi connectivity index (χ1) is 21.7. The van der Waals surface area contributed by atoms with Crippen LogP contribution in [-0.4, -0.2) is 73.9 Å². The number of hydrogen-bond acceptors (Lipinski definition) is 9. The van der Waals surface area contributed by atoms with E-state index in [4.69, 9.17) is 14.2 Å². The summed E-state index contributed by atoms with van der Waals surface area (Å²) in [6.45, 7) is 7.16. The maximum Gasteiger partial charge on any atom is 0.332 e. The van der Waals surface area contributed by atoms with Crippen molar-refractivity contribution in [3.8, 4) is 10.8 Å². The van der Waals surface area contributed by atoms with Gasteiger partial charge >= 0.3 is 5.69 Å². The lowest BCUT2D eigenvalue weighted by Gasteiger charge is -2.35.